The summed E-state index contributed by atoms with van der Waals surface area (Å²) in [6.45, 7) is 5.64. The molecular weight excluding hydrogens is 316 g/mol. The second kappa shape index (κ2) is 8.48. The van der Waals surface area contributed by atoms with Crippen molar-refractivity contribution in [3.8, 4) is 6.07 Å². The van der Waals surface area contributed by atoms with E-state index in [9.17, 15) is 14.9 Å². The van der Waals surface area contributed by atoms with Gasteiger partial charge in [-0.25, -0.2) is 4.79 Å². The minimum Gasteiger partial charge on any atom is -0.451 e. The van der Waals surface area contributed by atoms with Crippen molar-refractivity contribution in [3.05, 3.63) is 41.0 Å². The standard InChI is InChI=1S/C20H24N2O3/c1-14-7-9-17(10-8-14)11-18(12-21)20(24)25-13-19(23)22-15(2)5-4-6-16(22)3/h7-11,15-16H,4-6,13H2,1-3H3/b18-11+/t15-,16+. The molecule has 2 atom stereocenters. The second-order valence-corrected chi connectivity index (χ2v) is 6.59. The number of nitrogens with zero attached hydrogens (tertiary/aromatic N) is 2. The van der Waals surface area contributed by atoms with Crippen molar-refractivity contribution >= 4 is 18.0 Å². The van der Waals surface area contributed by atoms with Crippen LogP contribution in [0.4, 0.5) is 0 Å². The van der Waals surface area contributed by atoms with Crippen LogP contribution in [0, 0.1) is 18.3 Å². The minimum absolute atomic E-state index is 0.114. The molecule has 1 amide bonds. The summed E-state index contributed by atoms with van der Waals surface area (Å²) in [5.74, 6) is -0.977. The van der Waals surface area contributed by atoms with Gasteiger partial charge in [-0.2, -0.15) is 5.26 Å². The Balaban J connectivity index is 1.99. The Morgan fingerprint density at radius 2 is 1.84 bits per heavy atom. The lowest BCUT2D eigenvalue weighted by molar-refractivity contribution is -0.151. The van der Waals surface area contributed by atoms with E-state index in [1.54, 1.807) is 4.90 Å². The molecule has 0 bridgehead atoms. The first kappa shape index (κ1) is 18.7. The first-order valence-corrected chi connectivity index (χ1v) is 8.59. The number of piperidine rings is 1. The smallest absolute Gasteiger partial charge is 0.349 e. The zero-order valence-electron chi connectivity index (χ0n) is 15.0. The van der Waals surface area contributed by atoms with Crippen LogP contribution in [-0.2, 0) is 14.3 Å². The zero-order chi connectivity index (χ0) is 18.4. The number of carbonyl (C=O) groups is 2. The average molecular weight is 340 g/mol. The number of hydrogen-bond donors (Lipinski definition) is 0. The van der Waals surface area contributed by atoms with Gasteiger partial charge in [0.25, 0.3) is 5.91 Å². The van der Waals surface area contributed by atoms with E-state index in [-0.39, 0.29) is 30.2 Å². The van der Waals surface area contributed by atoms with Gasteiger partial charge in [-0.15, -0.1) is 0 Å². The highest BCUT2D eigenvalue weighted by Crippen LogP contribution is 2.22. The predicted octanol–water partition coefficient (Wildman–Crippen LogP) is 3.23. The molecule has 0 aliphatic carbocycles. The fourth-order valence-corrected chi connectivity index (χ4v) is 3.16. The van der Waals surface area contributed by atoms with Gasteiger partial charge >= 0.3 is 5.97 Å². The summed E-state index contributed by atoms with van der Waals surface area (Å²) in [4.78, 5) is 26.3. The summed E-state index contributed by atoms with van der Waals surface area (Å²) in [6, 6.07) is 9.58. The van der Waals surface area contributed by atoms with Crippen LogP contribution >= 0.6 is 0 Å². The molecule has 1 fully saturated rings. The van der Waals surface area contributed by atoms with Gasteiger partial charge < -0.3 is 9.64 Å². The molecule has 0 unspecified atom stereocenters. The Hall–Kier alpha value is -2.61. The van der Waals surface area contributed by atoms with Crippen LogP contribution in [0.2, 0.25) is 0 Å². The van der Waals surface area contributed by atoms with Gasteiger partial charge in [0.15, 0.2) is 6.61 Å². The minimum atomic E-state index is -0.770. The number of likely N-dealkylation sites (tertiary alicyclic amines) is 1. The van der Waals surface area contributed by atoms with Crippen molar-refractivity contribution in [2.24, 2.45) is 0 Å². The number of carbonyl (C=O) groups excluding carboxylic acids is 2. The molecule has 132 valence electrons. The molecule has 1 aliphatic heterocycles. The van der Waals surface area contributed by atoms with E-state index < -0.39 is 5.97 Å². The maximum absolute atomic E-state index is 12.4. The molecule has 0 spiro atoms. The Labute approximate surface area is 148 Å². The van der Waals surface area contributed by atoms with Gasteiger partial charge in [0.2, 0.25) is 0 Å². The quantitative estimate of drug-likeness (QED) is 0.479. The summed E-state index contributed by atoms with van der Waals surface area (Å²) in [5, 5.41) is 9.20. The lowest BCUT2D eigenvalue weighted by Crippen LogP contribution is -2.49. The van der Waals surface area contributed by atoms with Crippen LogP contribution in [0.1, 0.15) is 44.2 Å². The van der Waals surface area contributed by atoms with E-state index in [1.165, 1.54) is 6.08 Å². The number of aryl methyl sites for hydroxylation is 1. The monoisotopic (exact) mass is 340 g/mol. The number of hydrogen-bond acceptors (Lipinski definition) is 4. The summed E-state index contributed by atoms with van der Waals surface area (Å²) >= 11 is 0. The van der Waals surface area contributed by atoms with Crippen LogP contribution in [0.15, 0.2) is 29.8 Å². The van der Waals surface area contributed by atoms with E-state index in [0.29, 0.717) is 0 Å². The third-order valence-corrected chi connectivity index (χ3v) is 4.54. The fraction of sp³-hybridized carbons (Fsp3) is 0.450. The SMILES string of the molecule is Cc1ccc(/C=C(\C#N)C(=O)OCC(=O)N2[C@H](C)CCC[C@@H]2C)cc1. The Morgan fingerprint density at radius 3 is 2.40 bits per heavy atom. The largest absolute Gasteiger partial charge is 0.451 e. The van der Waals surface area contributed by atoms with Crippen LogP contribution < -0.4 is 0 Å². The van der Waals surface area contributed by atoms with Crippen LogP contribution in [-0.4, -0.2) is 35.5 Å². The molecular formula is C20H24N2O3. The lowest BCUT2D eigenvalue weighted by atomic mass is 9.97. The molecule has 1 aliphatic rings. The zero-order valence-corrected chi connectivity index (χ0v) is 15.0. The molecule has 5 heteroatoms. The first-order chi connectivity index (χ1) is 11.9. The Kier molecular flexibility index (Phi) is 6.35. The summed E-state index contributed by atoms with van der Waals surface area (Å²) < 4.78 is 5.08. The first-order valence-electron chi connectivity index (χ1n) is 8.59. The highest BCUT2D eigenvalue weighted by molar-refractivity contribution is 5.98. The summed E-state index contributed by atoms with van der Waals surface area (Å²) in [7, 11) is 0. The number of esters is 1. The molecule has 5 nitrogen and oxygen atoms in total. The number of rotatable bonds is 4. The molecule has 1 saturated heterocycles. The predicted molar refractivity (Wildman–Crippen MR) is 95.3 cm³/mol. The van der Waals surface area contributed by atoms with Gasteiger partial charge in [-0.3, -0.25) is 4.79 Å². The summed E-state index contributed by atoms with van der Waals surface area (Å²) in [6.07, 6.45) is 4.49. The fourth-order valence-electron chi connectivity index (χ4n) is 3.16. The van der Waals surface area contributed by atoms with Crippen LogP contribution in [0.5, 0.6) is 0 Å². The van der Waals surface area contributed by atoms with Crippen molar-refractivity contribution < 1.29 is 14.3 Å². The molecule has 1 heterocycles. The van der Waals surface area contributed by atoms with Gasteiger partial charge in [0.05, 0.1) is 0 Å². The van der Waals surface area contributed by atoms with Crippen LogP contribution in [0.25, 0.3) is 6.08 Å². The van der Waals surface area contributed by atoms with E-state index in [1.807, 2.05) is 51.1 Å². The highest BCUT2D eigenvalue weighted by atomic mass is 16.5. The van der Waals surface area contributed by atoms with Crippen molar-refractivity contribution in [3.63, 3.8) is 0 Å². The van der Waals surface area contributed by atoms with Crippen LogP contribution in [0.3, 0.4) is 0 Å². The van der Waals surface area contributed by atoms with Gasteiger partial charge in [-0.1, -0.05) is 29.8 Å². The Bertz CT molecular complexity index is 691. The molecule has 0 N–H and O–H groups in total. The van der Waals surface area contributed by atoms with E-state index in [4.69, 9.17) is 4.74 Å². The van der Waals surface area contributed by atoms with Gasteiger partial charge in [0, 0.05) is 12.1 Å². The van der Waals surface area contributed by atoms with E-state index in [0.717, 1.165) is 30.4 Å². The third-order valence-electron chi connectivity index (χ3n) is 4.54. The number of nitriles is 1. The van der Waals surface area contributed by atoms with E-state index >= 15 is 0 Å². The normalized spacial score (nSPS) is 20.7. The van der Waals surface area contributed by atoms with Gasteiger partial charge in [-0.05, 0) is 51.7 Å². The molecule has 1 aromatic rings. The molecule has 0 radical (unpaired) electrons. The van der Waals surface area contributed by atoms with E-state index in [2.05, 4.69) is 0 Å². The molecule has 1 aromatic carbocycles. The molecule has 2 rings (SSSR count). The third kappa shape index (κ3) is 4.93. The number of benzene rings is 1. The van der Waals surface area contributed by atoms with Crippen molar-refractivity contribution in [1.29, 1.82) is 5.26 Å². The number of ether oxygens (including phenoxy) is 1. The second-order valence-electron chi connectivity index (χ2n) is 6.59. The van der Waals surface area contributed by atoms with Crippen molar-refractivity contribution in [2.75, 3.05) is 6.61 Å². The number of amides is 1. The Morgan fingerprint density at radius 1 is 1.24 bits per heavy atom. The highest BCUT2D eigenvalue weighted by Gasteiger charge is 2.29. The maximum Gasteiger partial charge on any atom is 0.349 e. The molecule has 0 saturated carbocycles. The van der Waals surface area contributed by atoms with Crippen molar-refractivity contribution in [1.82, 2.24) is 4.90 Å². The molecule has 25 heavy (non-hydrogen) atoms. The molecule has 0 aromatic heterocycles. The maximum atomic E-state index is 12.4. The topological polar surface area (TPSA) is 70.4 Å². The average Bonchev–Trinajstić information content (AvgIpc) is 2.59. The van der Waals surface area contributed by atoms with Gasteiger partial charge in [0.1, 0.15) is 11.6 Å². The lowest BCUT2D eigenvalue weighted by Gasteiger charge is -2.38. The summed E-state index contributed by atoms with van der Waals surface area (Å²) in [5.41, 5.74) is 1.72. The van der Waals surface area contributed by atoms with Crippen molar-refractivity contribution in [2.45, 2.75) is 52.1 Å².